The Bertz CT molecular complexity index is 870. The maximum Gasteiger partial charge on any atom is 0.328 e. The minimum Gasteiger partial charge on any atom is -0.370 e. The van der Waals surface area contributed by atoms with Crippen LogP contribution in [0.15, 0.2) is 24.5 Å². The molecule has 2 aliphatic rings. The molecule has 0 radical (unpaired) electrons. The van der Waals surface area contributed by atoms with Gasteiger partial charge in [-0.25, -0.2) is 9.31 Å². The minimum atomic E-state index is -0.400. The van der Waals surface area contributed by atoms with Crippen LogP contribution in [0.25, 0.3) is 5.52 Å². The van der Waals surface area contributed by atoms with Gasteiger partial charge in [0, 0.05) is 46.2 Å². The second-order valence-electron chi connectivity index (χ2n) is 7.17. The maximum absolute atomic E-state index is 12.1. The van der Waals surface area contributed by atoms with Crippen LogP contribution in [0.4, 0.5) is 16.2 Å². The number of pyridine rings is 1. The van der Waals surface area contributed by atoms with Gasteiger partial charge in [-0.1, -0.05) is 0 Å². The van der Waals surface area contributed by atoms with Gasteiger partial charge in [0.1, 0.15) is 0 Å². The lowest BCUT2D eigenvalue weighted by Gasteiger charge is -2.36. The summed E-state index contributed by atoms with van der Waals surface area (Å²) < 4.78 is 12.6. The summed E-state index contributed by atoms with van der Waals surface area (Å²) in [7, 11) is 3.37. The predicted octanol–water partition coefficient (Wildman–Crippen LogP) is 1.62. The number of hydrogen-bond acceptors (Lipinski definition) is 6. The molecule has 2 saturated heterocycles. The van der Waals surface area contributed by atoms with Crippen molar-refractivity contribution >= 4 is 28.8 Å². The number of urea groups is 1. The summed E-state index contributed by atoms with van der Waals surface area (Å²) in [5.74, 6) is 0.152. The molecule has 0 aliphatic carbocycles. The molecule has 0 spiro atoms. The van der Waals surface area contributed by atoms with Gasteiger partial charge in [-0.2, -0.15) is 5.10 Å². The maximum atomic E-state index is 12.1. The molecule has 28 heavy (non-hydrogen) atoms. The van der Waals surface area contributed by atoms with E-state index in [9.17, 15) is 9.59 Å². The van der Waals surface area contributed by atoms with Crippen LogP contribution in [0, 0.1) is 5.92 Å². The zero-order chi connectivity index (χ0) is 19.7. The first-order valence-electron chi connectivity index (χ1n) is 9.50. The van der Waals surface area contributed by atoms with E-state index in [-0.39, 0.29) is 12.2 Å². The topological polar surface area (TPSA) is 88.4 Å². The van der Waals surface area contributed by atoms with E-state index in [1.165, 1.54) is 0 Å². The van der Waals surface area contributed by atoms with E-state index >= 15 is 0 Å². The largest absolute Gasteiger partial charge is 0.370 e. The average molecular weight is 387 g/mol. The van der Waals surface area contributed by atoms with E-state index in [1.807, 2.05) is 12.3 Å². The van der Waals surface area contributed by atoms with Gasteiger partial charge in [0.25, 0.3) is 0 Å². The molecule has 0 atom stereocenters. The molecule has 1 N–H and O–H groups in total. The number of piperidine rings is 1. The van der Waals surface area contributed by atoms with E-state index in [2.05, 4.69) is 21.4 Å². The molecule has 150 valence electrons. The van der Waals surface area contributed by atoms with Gasteiger partial charge >= 0.3 is 6.03 Å². The van der Waals surface area contributed by atoms with Crippen molar-refractivity contribution in [3.63, 3.8) is 0 Å². The zero-order valence-corrected chi connectivity index (χ0v) is 16.1. The molecule has 0 bridgehead atoms. The van der Waals surface area contributed by atoms with Crippen molar-refractivity contribution in [2.24, 2.45) is 5.92 Å². The minimum absolute atomic E-state index is 0.152. The highest BCUT2D eigenvalue weighted by molar-refractivity contribution is 6.07. The Balaban J connectivity index is 1.49. The number of ether oxygens (including phenoxy) is 2. The summed E-state index contributed by atoms with van der Waals surface area (Å²) in [5.41, 5.74) is 2.63. The number of imide groups is 1. The number of fused-ring (bicyclic) bond motifs is 1. The first kappa shape index (κ1) is 18.7. The number of carbonyl (C=O) groups is 2. The van der Waals surface area contributed by atoms with Crippen LogP contribution >= 0.6 is 0 Å². The lowest BCUT2D eigenvalue weighted by Crippen LogP contribution is -2.49. The number of aromatic nitrogens is 2. The number of carbonyl (C=O) groups excluding carboxylic acids is 2. The van der Waals surface area contributed by atoms with Crippen LogP contribution in [0.2, 0.25) is 0 Å². The van der Waals surface area contributed by atoms with Gasteiger partial charge in [0.2, 0.25) is 5.91 Å². The fourth-order valence-electron chi connectivity index (χ4n) is 4.06. The molecule has 2 aromatic rings. The molecule has 0 aromatic carbocycles. The number of amides is 3. The molecule has 9 heteroatoms. The molecule has 0 saturated carbocycles. The van der Waals surface area contributed by atoms with Gasteiger partial charge in [-0.05, 0) is 25.0 Å². The number of anilines is 2. The van der Waals surface area contributed by atoms with Crippen LogP contribution in [0.1, 0.15) is 19.3 Å². The molecule has 2 aliphatic heterocycles. The van der Waals surface area contributed by atoms with Crippen molar-refractivity contribution < 1.29 is 19.1 Å². The van der Waals surface area contributed by atoms with Crippen molar-refractivity contribution in [1.29, 1.82) is 0 Å². The third-order valence-electron chi connectivity index (χ3n) is 5.58. The molecule has 4 rings (SSSR count). The lowest BCUT2D eigenvalue weighted by molar-refractivity contribution is -0.141. The summed E-state index contributed by atoms with van der Waals surface area (Å²) >= 11 is 0. The van der Waals surface area contributed by atoms with E-state index < -0.39 is 6.03 Å². The predicted molar refractivity (Wildman–Crippen MR) is 103 cm³/mol. The quantitative estimate of drug-likeness (QED) is 0.785. The number of hydrogen-bond donors (Lipinski definition) is 1. The molecule has 3 amide bonds. The van der Waals surface area contributed by atoms with Crippen molar-refractivity contribution in [3.05, 3.63) is 24.5 Å². The smallest absolute Gasteiger partial charge is 0.328 e. The Kier molecular flexibility index (Phi) is 5.19. The standard InChI is InChI=1S/C19H25N5O4/c1-27-18(28-2)13-5-8-22(9-6-13)14-3-4-15-16(11-20-24(15)12-14)23-10-7-17(25)21-19(23)26/h3-4,11-13,18H,5-10H2,1-2H3,(H,21,25,26). The zero-order valence-electron chi connectivity index (χ0n) is 16.1. The fraction of sp³-hybridized carbons (Fsp3) is 0.526. The number of nitrogens with one attached hydrogen (secondary N) is 1. The highest BCUT2D eigenvalue weighted by Crippen LogP contribution is 2.29. The number of rotatable bonds is 5. The summed E-state index contributed by atoms with van der Waals surface area (Å²) in [6.45, 7) is 2.20. The third-order valence-corrected chi connectivity index (χ3v) is 5.58. The Morgan fingerprint density at radius 3 is 2.57 bits per heavy atom. The second kappa shape index (κ2) is 7.76. The van der Waals surface area contributed by atoms with Crippen molar-refractivity contribution in [2.75, 3.05) is 43.7 Å². The Hall–Kier alpha value is -2.65. The molecule has 4 heterocycles. The van der Waals surface area contributed by atoms with Crippen LogP contribution in [0.3, 0.4) is 0 Å². The van der Waals surface area contributed by atoms with Gasteiger partial charge < -0.3 is 14.4 Å². The van der Waals surface area contributed by atoms with Crippen LogP contribution < -0.4 is 15.1 Å². The van der Waals surface area contributed by atoms with Crippen LogP contribution in [-0.2, 0) is 14.3 Å². The van der Waals surface area contributed by atoms with Crippen LogP contribution in [0.5, 0.6) is 0 Å². The Morgan fingerprint density at radius 2 is 1.89 bits per heavy atom. The third kappa shape index (κ3) is 3.43. The molecule has 2 aromatic heterocycles. The lowest BCUT2D eigenvalue weighted by atomic mass is 9.96. The van der Waals surface area contributed by atoms with E-state index in [0.29, 0.717) is 24.6 Å². The van der Waals surface area contributed by atoms with E-state index in [0.717, 1.165) is 37.1 Å². The van der Waals surface area contributed by atoms with Gasteiger partial charge in [0.05, 0.1) is 29.3 Å². The molecular weight excluding hydrogens is 362 g/mol. The van der Waals surface area contributed by atoms with E-state index in [4.69, 9.17) is 9.47 Å². The molecule has 0 unspecified atom stereocenters. The molecule has 2 fully saturated rings. The fourth-order valence-corrected chi connectivity index (χ4v) is 4.06. The molecule has 9 nitrogen and oxygen atoms in total. The number of nitrogens with zero attached hydrogens (tertiary/aromatic N) is 4. The van der Waals surface area contributed by atoms with Crippen molar-refractivity contribution in [3.8, 4) is 0 Å². The Labute approximate surface area is 163 Å². The summed E-state index contributed by atoms with van der Waals surface area (Å²) in [6, 6.07) is 3.63. The molecular formula is C19H25N5O4. The monoisotopic (exact) mass is 387 g/mol. The summed E-state index contributed by atoms with van der Waals surface area (Å²) in [4.78, 5) is 27.4. The first-order chi connectivity index (χ1) is 13.6. The highest BCUT2D eigenvalue weighted by Gasteiger charge is 2.28. The highest BCUT2D eigenvalue weighted by atomic mass is 16.7. The van der Waals surface area contributed by atoms with E-state index in [1.54, 1.807) is 29.8 Å². The second-order valence-corrected chi connectivity index (χ2v) is 7.17. The Morgan fingerprint density at radius 1 is 1.14 bits per heavy atom. The van der Waals surface area contributed by atoms with Gasteiger partial charge in [-0.15, -0.1) is 0 Å². The van der Waals surface area contributed by atoms with Gasteiger partial charge in [-0.3, -0.25) is 15.0 Å². The van der Waals surface area contributed by atoms with Crippen molar-refractivity contribution in [1.82, 2.24) is 14.9 Å². The van der Waals surface area contributed by atoms with Crippen molar-refractivity contribution in [2.45, 2.75) is 25.6 Å². The van der Waals surface area contributed by atoms with Crippen LogP contribution in [-0.4, -0.2) is 61.7 Å². The normalized spacial score (nSPS) is 19.0. The average Bonchev–Trinajstić information content (AvgIpc) is 3.12. The summed E-state index contributed by atoms with van der Waals surface area (Å²) in [6.07, 6.45) is 5.78. The number of methoxy groups -OCH3 is 2. The summed E-state index contributed by atoms with van der Waals surface area (Å²) in [5, 5.41) is 6.77. The first-order valence-corrected chi connectivity index (χ1v) is 9.50. The van der Waals surface area contributed by atoms with Gasteiger partial charge in [0.15, 0.2) is 6.29 Å². The SMILES string of the molecule is COC(OC)C1CCN(c2ccc3c(N4CCC(=O)NC4=O)cnn3c2)CC1.